The van der Waals surface area contributed by atoms with Crippen LogP contribution in [0.2, 0.25) is 0 Å². The van der Waals surface area contributed by atoms with Crippen molar-refractivity contribution in [1.29, 1.82) is 0 Å². The molecule has 0 aromatic heterocycles. The molecule has 2 aliphatic carbocycles. The first kappa shape index (κ1) is 24.5. The van der Waals surface area contributed by atoms with Crippen molar-refractivity contribution in [3.63, 3.8) is 0 Å². The quantitative estimate of drug-likeness (QED) is 0.359. The summed E-state index contributed by atoms with van der Waals surface area (Å²) < 4.78 is 90.1. The van der Waals surface area contributed by atoms with Crippen LogP contribution in [0.15, 0.2) is 0 Å². The maximum atomic E-state index is 13.5. The standard InChI is InChI=1S/C15H22F6O2.C4H10/c1-3-22-9(2)23-13(14(16,17)18,15(19,20)21)8-12-7-10-4-5-11(12)6-10;1-4(2)3/h9-12H,3-8H2,1-2H3;4H,1-3H3. The second-order valence-corrected chi connectivity index (χ2v) is 8.33. The highest BCUT2D eigenvalue weighted by atomic mass is 19.4. The van der Waals surface area contributed by atoms with Gasteiger partial charge in [0, 0.05) is 6.61 Å². The summed E-state index contributed by atoms with van der Waals surface area (Å²) in [4.78, 5) is 0. The molecular formula is C19H32F6O2. The molecule has 0 aliphatic heterocycles. The highest BCUT2D eigenvalue weighted by Gasteiger charge is 2.73. The van der Waals surface area contributed by atoms with Gasteiger partial charge in [-0.05, 0) is 63.2 Å². The fraction of sp³-hybridized carbons (Fsp3) is 1.00. The monoisotopic (exact) mass is 406 g/mol. The summed E-state index contributed by atoms with van der Waals surface area (Å²) in [5.41, 5.74) is -4.16. The third-order valence-electron chi connectivity index (χ3n) is 5.12. The Hall–Kier alpha value is -0.500. The summed E-state index contributed by atoms with van der Waals surface area (Å²) in [5, 5.41) is 0. The molecule has 4 atom stereocenters. The average Bonchev–Trinajstić information content (AvgIpc) is 3.06. The molecule has 2 aliphatic rings. The SMILES string of the molecule is CC(C)C.CCOC(C)OC(CC1CC2CCC1C2)(C(F)(F)F)C(F)(F)F. The Labute approximate surface area is 158 Å². The molecule has 0 amide bonds. The second-order valence-electron chi connectivity index (χ2n) is 8.33. The van der Waals surface area contributed by atoms with E-state index in [1.807, 2.05) is 0 Å². The van der Waals surface area contributed by atoms with E-state index >= 15 is 0 Å². The number of ether oxygens (including phenoxy) is 2. The predicted octanol–water partition coefficient (Wildman–Crippen LogP) is 6.74. The lowest BCUT2D eigenvalue weighted by molar-refractivity contribution is -0.411. The van der Waals surface area contributed by atoms with Crippen LogP contribution in [0.1, 0.15) is 66.7 Å². The van der Waals surface area contributed by atoms with Crippen LogP contribution in [0, 0.1) is 23.7 Å². The van der Waals surface area contributed by atoms with E-state index in [0.29, 0.717) is 12.8 Å². The van der Waals surface area contributed by atoms with Crippen molar-refractivity contribution in [2.45, 2.75) is 91.0 Å². The maximum Gasteiger partial charge on any atom is 0.426 e. The van der Waals surface area contributed by atoms with E-state index in [1.54, 1.807) is 0 Å². The molecule has 0 aromatic carbocycles. The molecule has 2 rings (SSSR count). The zero-order valence-corrected chi connectivity index (χ0v) is 16.7. The summed E-state index contributed by atoms with van der Waals surface area (Å²) in [5.74, 6) is 0.425. The largest absolute Gasteiger partial charge is 0.426 e. The van der Waals surface area contributed by atoms with Crippen molar-refractivity contribution in [1.82, 2.24) is 0 Å². The van der Waals surface area contributed by atoms with E-state index in [4.69, 9.17) is 4.74 Å². The highest BCUT2D eigenvalue weighted by Crippen LogP contribution is 2.56. The van der Waals surface area contributed by atoms with Crippen LogP contribution in [-0.2, 0) is 9.47 Å². The maximum absolute atomic E-state index is 13.5. The molecule has 0 saturated heterocycles. The summed E-state index contributed by atoms with van der Waals surface area (Å²) in [6, 6.07) is 0. The van der Waals surface area contributed by atoms with E-state index in [0.717, 1.165) is 25.7 Å². The number of hydrogen-bond acceptors (Lipinski definition) is 2. The van der Waals surface area contributed by atoms with Crippen molar-refractivity contribution in [2.75, 3.05) is 6.61 Å². The van der Waals surface area contributed by atoms with Crippen molar-refractivity contribution < 1.29 is 35.8 Å². The number of halogens is 6. The molecule has 0 heterocycles. The minimum atomic E-state index is -5.54. The van der Waals surface area contributed by atoms with Gasteiger partial charge in [-0.1, -0.05) is 27.2 Å². The smallest absolute Gasteiger partial charge is 0.353 e. The molecule has 2 fully saturated rings. The summed E-state index contributed by atoms with van der Waals surface area (Å²) in [6.07, 6.45) is -11.0. The van der Waals surface area contributed by atoms with Crippen LogP contribution in [0.4, 0.5) is 26.3 Å². The Morgan fingerprint density at radius 2 is 1.41 bits per heavy atom. The van der Waals surface area contributed by atoms with Crippen LogP contribution in [-0.4, -0.2) is 30.9 Å². The molecule has 162 valence electrons. The van der Waals surface area contributed by atoms with Crippen LogP contribution in [0.5, 0.6) is 0 Å². The number of hydrogen-bond donors (Lipinski definition) is 0. The van der Waals surface area contributed by atoms with E-state index in [1.165, 1.54) is 6.92 Å². The summed E-state index contributed by atoms with van der Waals surface area (Å²) in [6.45, 7) is 9.02. The van der Waals surface area contributed by atoms with Gasteiger partial charge >= 0.3 is 12.4 Å². The van der Waals surface area contributed by atoms with Gasteiger partial charge in [0.1, 0.15) is 0 Å². The predicted molar refractivity (Wildman–Crippen MR) is 91.1 cm³/mol. The first-order chi connectivity index (χ1) is 12.2. The van der Waals surface area contributed by atoms with Gasteiger partial charge in [-0.2, -0.15) is 26.3 Å². The van der Waals surface area contributed by atoms with Gasteiger partial charge in [0.05, 0.1) is 0 Å². The summed E-state index contributed by atoms with van der Waals surface area (Å²) in [7, 11) is 0. The Balaban J connectivity index is 0.000000828. The molecule has 0 N–H and O–H groups in total. The fourth-order valence-electron chi connectivity index (χ4n) is 4.12. The lowest BCUT2D eigenvalue weighted by Crippen LogP contribution is -2.61. The molecule has 2 nitrogen and oxygen atoms in total. The first-order valence-corrected chi connectivity index (χ1v) is 9.66. The van der Waals surface area contributed by atoms with Gasteiger partial charge in [-0.3, -0.25) is 0 Å². The Morgan fingerprint density at radius 3 is 1.74 bits per heavy atom. The molecule has 2 bridgehead atoms. The molecule has 0 spiro atoms. The van der Waals surface area contributed by atoms with Crippen molar-refractivity contribution >= 4 is 0 Å². The number of fused-ring (bicyclic) bond motifs is 2. The van der Waals surface area contributed by atoms with Crippen LogP contribution in [0.25, 0.3) is 0 Å². The molecule has 4 unspecified atom stereocenters. The van der Waals surface area contributed by atoms with Gasteiger partial charge < -0.3 is 9.47 Å². The van der Waals surface area contributed by atoms with Gasteiger partial charge in [0.2, 0.25) is 0 Å². The van der Waals surface area contributed by atoms with E-state index in [2.05, 4.69) is 25.5 Å². The fourth-order valence-corrected chi connectivity index (χ4v) is 4.12. The number of rotatable bonds is 6. The zero-order chi connectivity index (χ0) is 21.0. The van der Waals surface area contributed by atoms with Crippen molar-refractivity contribution in [3.05, 3.63) is 0 Å². The van der Waals surface area contributed by atoms with Gasteiger partial charge in [-0.15, -0.1) is 0 Å². The van der Waals surface area contributed by atoms with Gasteiger partial charge in [-0.25, -0.2) is 0 Å². The topological polar surface area (TPSA) is 18.5 Å². The lowest BCUT2D eigenvalue weighted by atomic mass is 9.79. The minimum Gasteiger partial charge on any atom is -0.353 e. The molecule has 2 saturated carbocycles. The van der Waals surface area contributed by atoms with E-state index in [-0.39, 0.29) is 18.4 Å². The van der Waals surface area contributed by atoms with Crippen molar-refractivity contribution in [3.8, 4) is 0 Å². The third kappa shape index (κ3) is 6.24. The van der Waals surface area contributed by atoms with Crippen LogP contribution >= 0.6 is 0 Å². The Morgan fingerprint density at radius 1 is 0.889 bits per heavy atom. The van der Waals surface area contributed by atoms with E-state index < -0.39 is 36.6 Å². The first-order valence-electron chi connectivity index (χ1n) is 9.66. The molecular weight excluding hydrogens is 374 g/mol. The molecule has 0 radical (unpaired) electrons. The molecule has 8 heteroatoms. The lowest BCUT2D eigenvalue weighted by Gasteiger charge is -2.41. The van der Waals surface area contributed by atoms with Crippen LogP contribution in [0.3, 0.4) is 0 Å². The second kappa shape index (κ2) is 9.33. The Bertz CT molecular complexity index is 430. The average molecular weight is 406 g/mol. The molecule has 27 heavy (non-hydrogen) atoms. The zero-order valence-electron chi connectivity index (χ0n) is 16.7. The minimum absolute atomic E-state index is 0.0267. The summed E-state index contributed by atoms with van der Waals surface area (Å²) >= 11 is 0. The van der Waals surface area contributed by atoms with Crippen LogP contribution < -0.4 is 0 Å². The highest BCUT2D eigenvalue weighted by molar-refractivity contribution is 5.02. The van der Waals surface area contributed by atoms with E-state index in [9.17, 15) is 26.3 Å². The molecule has 0 aromatic rings. The number of alkyl halides is 6. The normalized spacial score (nSPS) is 26.9. The third-order valence-corrected chi connectivity index (χ3v) is 5.12. The Kier molecular flexibility index (Phi) is 8.48. The van der Waals surface area contributed by atoms with Gasteiger partial charge in [0.25, 0.3) is 5.60 Å². The van der Waals surface area contributed by atoms with Crippen molar-refractivity contribution in [2.24, 2.45) is 23.7 Å². The van der Waals surface area contributed by atoms with Gasteiger partial charge in [0.15, 0.2) is 6.29 Å².